The maximum Gasteiger partial charge on any atom is 0.201 e. The molecule has 1 N–H and O–H groups in total. The van der Waals surface area contributed by atoms with Crippen molar-refractivity contribution < 1.29 is 33.3 Å². The first-order valence-electron chi connectivity index (χ1n) is 16.0. The molecule has 8 nitrogen and oxygen atoms in total. The molecule has 0 saturated heterocycles. The van der Waals surface area contributed by atoms with Crippen LogP contribution in [0.15, 0.2) is 60.7 Å². The molecule has 0 amide bonds. The highest BCUT2D eigenvalue weighted by Crippen LogP contribution is 2.52. The van der Waals surface area contributed by atoms with Crippen molar-refractivity contribution in [3.63, 3.8) is 0 Å². The van der Waals surface area contributed by atoms with Gasteiger partial charge in [-0.2, -0.15) is 0 Å². The van der Waals surface area contributed by atoms with E-state index in [1.165, 1.54) is 16.7 Å². The Hall–Kier alpha value is -4.40. The van der Waals surface area contributed by atoms with E-state index >= 15 is 0 Å². The van der Waals surface area contributed by atoms with Crippen LogP contribution in [-0.4, -0.2) is 70.1 Å². The fraction of sp³-hybridized carbons (Fsp3) is 0.368. The molecule has 0 aromatic heterocycles. The third-order valence-electron chi connectivity index (χ3n) is 10.2. The molecule has 0 radical (unpaired) electrons. The van der Waals surface area contributed by atoms with Crippen LogP contribution < -0.4 is 23.7 Å². The summed E-state index contributed by atoms with van der Waals surface area (Å²) < 4.78 is 31.4. The fourth-order valence-electron chi connectivity index (χ4n) is 7.43. The Morgan fingerprint density at radius 2 is 1.46 bits per heavy atom. The minimum absolute atomic E-state index is 0.00529. The highest BCUT2D eigenvalue weighted by molar-refractivity contribution is 5.62. The van der Waals surface area contributed by atoms with Gasteiger partial charge < -0.3 is 33.3 Å². The molecule has 0 saturated carbocycles. The van der Waals surface area contributed by atoms with E-state index in [4.69, 9.17) is 23.7 Å². The molecule has 4 heterocycles. The second-order valence-corrected chi connectivity index (χ2v) is 13.3. The molecule has 0 fully saturated rings. The smallest absolute Gasteiger partial charge is 0.201 e. The number of nitrogens with zero attached hydrogens (tertiary/aromatic N) is 2. The molecule has 0 unspecified atom stereocenters. The summed E-state index contributed by atoms with van der Waals surface area (Å²) in [7, 11) is 11.6. The maximum atomic E-state index is 11.7. The number of quaternary nitrogens is 1. The first-order valence-corrected chi connectivity index (χ1v) is 16.0. The van der Waals surface area contributed by atoms with Crippen LogP contribution in [0, 0.1) is 0 Å². The van der Waals surface area contributed by atoms with Crippen molar-refractivity contribution >= 4 is 0 Å². The summed E-state index contributed by atoms with van der Waals surface area (Å²) in [6, 6.07) is 20.8. The molecule has 46 heavy (non-hydrogen) atoms. The summed E-state index contributed by atoms with van der Waals surface area (Å²) in [5.41, 5.74) is 6.85. The van der Waals surface area contributed by atoms with Gasteiger partial charge in [0.2, 0.25) is 5.75 Å². The van der Waals surface area contributed by atoms with E-state index in [0.29, 0.717) is 45.4 Å². The number of phenols is 1. The zero-order valence-corrected chi connectivity index (χ0v) is 27.6. The van der Waals surface area contributed by atoms with Gasteiger partial charge in [-0.1, -0.05) is 18.2 Å². The van der Waals surface area contributed by atoms with Crippen LogP contribution in [0.3, 0.4) is 0 Å². The average Bonchev–Trinajstić information content (AvgIpc) is 3.05. The number of hydrogen-bond acceptors (Lipinski definition) is 7. The van der Waals surface area contributed by atoms with Crippen LogP contribution in [0.2, 0.25) is 0 Å². The van der Waals surface area contributed by atoms with Gasteiger partial charge in [0.15, 0.2) is 34.5 Å². The van der Waals surface area contributed by atoms with Crippen LogP contribution in [-0.2, 0) is 25.7 Å². The molecular formula is C38H43N2O6+. The molecule has 6 bridgehead atoms. The third kappa shape index (κ3) is 5.29. The zero-order chi connectivity index (χ0) is 32.2. The Labute approximate surface area is 271 Å². The van der Waals surface area contributed by atoms with Crippen molar-refractivity contribution in [2.45, 2.75) is 37.8 Å². The lowest BCUT2D eigenvalue weighted by Gasteiger charge is -2.43. The fourth-order valence-corrected chi connectivity index (χ4v) is 7.43. The Bertz CT molecular complexity index is 1780. The minimum Gasteiger partial charge on any atom is -0.502 e. The van der Waals surface area contributed by atoms with Crippen molar-refractivity contribution in [3.05, 3.63) is 94.0 Å². The normalized spacial score (nSPS) is 20.0. The van der Waals surface area contributed by atoms with E-state index in [-0.39, 0.29) is 17.8 Å². The van der Waals surface area contributed by atoms with Crippen LogP contribution in [0.1, 0.15) is 45.5 Å². The van der Waals surface area contributed by atoms with Gasteiger partial charge in [0.25, 0.3) is 0 Å². The van der Waals surface area contributed by atoms with Gasteiger partial charge in [0, 0.05) is 25.4 Å². The number of hydrogen-bond donors (Lipinski definition) is 1. The molecule has 8 rings (SSSR count). The van der Waals surface area contributed by atoms with Crippen molar-refractivity contribution in [3.8, 4) is 46.0 Å². The zero-order valence-electron chi connectivity index (χ0n) is 27.6. The SMILES string of the molecule is COc1ccc2cc1Oc1ccc(cc1)C[C@H]1c3cc(c(OC)cc3CCN1C)Oc1c(O)c(OC)cc3c1[C@H](C2)[N+](C)(C)CC3. The molecule has 0 aliphatic carbocycles. The van der Waals surface area contributed by atoms with E-state index in [9.17, 15) is 5.11 Å². The van der Waals surface area contributed by atoms with Gasteiger partial charge in [0.1, 0.15) is 11.8 Å². The van der Waals surface area contributed by atoms with Crippen LogP contribution >= 0.6 is 0 Å². The number of likely N-dealkylation sites (N-methyl/N-ethyl adjacent to an activating group) is 2. The molecule has 4 aliphatic rings. The molecule has 2 atom stereocenters. The average molecular weight is 624 g/mol. The second kappa shape index (κ2) is 11.8. The topological polar surface area (TPSA) is 69.6 Å². The molecule has 4 aromatic carbocycles. The van der Waals surface area contributed by atoms with Crippen LogP contribution in [0.25, 0.3) is 0 Å². The van der Waals surface area contributed by atoms with Gasteiger partial charge in [-0.25, -0.2) is 0 Å². The first-order chi connectivity index (χ1) is 22.2. The highest BCUT2D eigenvalue weighted by atomic mass is 16.5. The van der Waals surface area contributed by atoms with E-state index in [1.54, 1.807) is 21.3 Å². The van der Waals surface area contributed by atoms with E-state index in [0.717, 1.165) is 54.8 Å². The first kappa shape index (κ1) is 30.3. The molecule has 0 spiro atoms. The standard InChI is InChI=1S/C38H42N2O6/c1-39-15-13-25-20-32(43-5)34-22-28(25)29(39)17-23-7-10-27(11-8-23)45-33-19-24(9-12-31(33)42-4)18-30-36-26(14-16-40(30,2)3)21-35(44-6)37(41)38(36)46-34/h7-12,19-22,29-30H,13-18H2,1-6H3/p+1/t29-,30-/m0/s1. The number of aromatic hydroxyl groups is 1. The summed E-state index contributed by atoms with van der Waals surface area (Å²) in [5.74, 6) is 4.15. The van der Waals surface area contributed by atoms with Crippen molar-refractivity contribution in [1.29, 1.82) is 0 Å². The number of fused-ring (bicyclic) bond motifs is 2. The summed E-state index contributed by atoms with van der Waals surface area (Å²) in [5, 5.41) is 11.7. The van der Waals surface area contributed by atoms with Crippen molar-refractivity contribution in [2.75, 3.05) is 55.6 Å². The van der Waals surface area contributed by atoms with Gasteiger partial charge in [0.05, 0.1) is 47.5 Å². The predicted octanol–water partition coefficient (Wildman–Crippen LogP) is 7.00. The Morgan fingerprint density at radius 1 is 0.761 bits per heavy atom. The minimum atomic E-state index is -0.0301. The molecule has 4 aliphatic heterocycles. The summed E-state index contributed by atoms with van der Waals surface area (Å²) in [6.07, 6.45) is 3.25. The summed E-state index contributed by atoms with van der Waals surface area (Å²) in [6.45, 7) is 1.87. The number of benzene rings is 4. The van der Waals surface area contributed by atoms with Crippen molar-refractivity contribution in [2.24, 2.45) is 0 Å². The second-order valence-electron chi connectivity index (χ2n) is 13.3. The number of rotatable bonds is 3. The number of phenolic OH excluding ortho intramolecular Hbond substituents is 1. The van der Waals surface area contributed by atoms with E-state index in [1.807, 2.05) is 24.3 Å². The van der Waals surface area contributed by atoms with Gasteiger partial charge >= 0.3 is 0 Å². The number of ether oxygens (including phenoxy) is 5. The Kier molecular flexibility index (Phi) is 7.73. The quantitative estimate of drug-likeness (QED) is 0.247. The van der Waals surface area contributed by atoms with E-state index in [2.05, 4.69) is 62.4 Å². The van der Waals surface area contributed by atoms with Gasteiger partial charge in [-0.3, -0.25) is 4.90 Å². The lowest BCUT2D eigenvalue weighted by Crippen LogP contribution is -2.48. The van der Waals surface area contributed by atoms with Gasteiger partial charge in [-0.15, -0.1) is 0 Å². The number of methoxy groups -OCH3 is 3. The summed E-state index contributed by atoms with van der Waals surface area (Å²) in [4.78, 5) is 2.40. The molecule has 8 heteroatoms. The van der Waals surface area contributed by atoms with E-state index < -0.39 is 0 Å². The van der Waals surface area contributed by atoms with Crippen LogP contribution in [0.5, 0.6) is 46.0 Å². The molecule has 240 valence electrons. The largest absolute Gasteiger partial charge is 0.502 e. The molecule has 4 aromatic rings. The predicted molar refractivity (Wildman–Crippen MR) is 177 cm³/mol. The maximum absolute atomic E-state index is 11.7. The summed E-state index contributed by atoms with van der Waals surface area (Å²) >= 11 is 0. The molecular weight excluding hydrogens is 580 g/mol. The third-order valence-corrected chi connectivity index (χ3v) is 10.2. The van der Waals surface area contributed by atoms with Crippen LogP contribution in [0.4, 0.5) is 0 Å². The van der Waals surface area contributed by atoms with Crippen molar-refractivity contribution in [1.82, 2.24) is 4.90 Å². The lowest BCUT2D eigenvalue weighted by molar-refractivity contribution is -0.923. The monoisotopic (exact) mass is 623 g/mol. The Balaban J connectivity index is 1.47. The Morgan fingerprint density at radius 3 is 2.20 bits per heavy atom. The van der Waals surface area contributed by atoms with Gasteiger partial charge in [-0.05, 0) is 90.2 Å². The lowest BCUT2D eigenvalue weighted by atomic mass is 9.85. The highest BCUT2D eigenvalue weighted by Gasteiger charge is 2.41.